The summed E-state index contributed by atoms with van der Waals surface area (Å²) in [6.07, 6.45) is 22.9. The van der Waals surface area contributed by atoms with Crippen molar-refractivity contribution in [2.24, 2.45) is 23.7 Å². The largest absolute Gasteiger partial charge is 0.103 e. The first kappa shape index (κ1) is 14.6. The normalized spacial score (nSPS) is 36.9. The van der Waals surface area contributed by atoms with Gasteiger partial charge in [0.15, 0.2) is 0 Å². The number of rotatable bonds is 4. The molecule has 0 atom stereocenters. The van der Waals surface area contributed by atoms with Crippen LogP contribution in [0.2, 0.25) is 0 Å². The molecule has 2 fully saturated rings. The highest BCUT2D eigenvalue weighted by molar-refractivity contribution is 4.99. The van der Waals surface area contributed by atoms with Crippen LogP contribution in [-0.4, -0.2) is 0 Å². The van der Waals surface area contributed by atoms with E-state index in [1.54, 1.807) is 0 Å². The molecule has 2 aliphatic rings. The van der Waals surface area contributed by atoms with Gasteiger partial charge in [-0.3, -0.25) is 0 Å². The summed E-state index contributed by atoms with van der Waals surface area (Å²) in [6.45, 7) is 6.07. The standard InChI is InChI=1S/C19H30/c1-3-5-17-10-12-19(13-11-17)15-14-18-8-6-16(4-2)7-9-18/h3-5,14-19H,2,6-13H2,1H3/b5-3+,15-14+. The van der Waals surface area contributed by atoms with Gasteiger partial charge in [0.2, 0.25) is 0 Å². The molecule has 0 spiro atoms. The summed E-state index contributed by atoms with van der Waals surface area (Å²) >= 11 is 0. The molecule has 2 rings (SSSR count). The Labute approximate surface area is 119 Å². The second kappa shape index (κ2) is 7.72. The summed E-state index contributed by atoms with van der Waals surface area (Å²) < 4.78 is 0. The van der Waals surface area contributed by atoms with Gasteiger partial charge in [0, 0.05) is 0 Å². The molecule has 106 valence electrons. The van der Waals surface area contributed by atoms with Crippen LogP contribution in [0.1, 0.15) is 58.3 Å². The van der Waals surface area contributed by atoms with Crippen LogP contribution in [0.3, 0.4) is 0 Å². The van der Waals surface area contributed by atoms with Gasteiger partial charge in [-0.15, -0.1) is 6.58 Å². The molecule has 0 heterocycles. The molecule has 19 heavy (non-hydrogen) atoms. The first-order chi connectivity index (χ1) is 9.31. The Morgan fingerprint density at radius 1 is 0.632 bits per heavy atom. The Hall–Kier alpha value is -0.780. The maximum absolute atomic E-state index is 3.93. The molecule has 0 bridgehead atoms. The molecule has 0 saturated heterocycles. The minimum absolute atomic E-state index is 0.793. The third kappa shape index (κ3) is 4.67. The van der Waals surface area contributed by atoms with Crippen molar-refractivity contribution in [1.82, 2.24) is 0 Å². The van der Waals surface area contributed by atoms with Crippen molar-refractivity contribution in [2.75, 3.05) is 0 Å². The van der Waals surface area contributed by atoms with Crippen LogP contribution in [0.15, 0.2) is 37.0 Å². The monoisotopic (exact) mass is 258 g/mol. The molecule has 0 unspecified atom stereocenters. The molecule has 2 saturated carbocycles. The highest BCUT2D eigenvalue weighted by Crippen LogP contribution is 2.33. The zero-order valence-electron chi connectivity index (χ0n) is 12.6. The molecular formula is C19H30. The van der Waals surface area contributed by atoms with Crippen molar-refractivity contribution >= 4 is 0 Å². The average Bonchev–Trinajstić information content (AvgIpc) is 2.47. The van der Waals surface area contributed by atoms with E-state index >= 15 is 0 Å². The summed E-state index contributed by atoms with van der Waals surface area (Å²) in [7, 11) is 0. The van der Waals surface area contributed by atoms with Gasteiger partial charge in [0.1, 0.15) is 0 Å². The minimum Gasteiger partial charge on any atom is -0.103 e. The molecule has 0 aromatic carbocycles. The summed E-state index contributed by atoms with van der Waals surface area (Å²) in [5, 5.41) is 0. The predicted octanol–water partition coefficient (Wildman–Crippen LogP) is 5.92. The minimum atomic E-state index is 0.793. The summed E-state index contributed by atoms with van der Waals surface area (Å²) in [5.74, 6) is 3.36. The number of hydrogen-bond acceptors (Lipinski definition) is 0. The lowest BCUT2D eigenvalue weighted by Crippen LogP contribution is -2.13. The average molecular weight is 258 g/mol. The molecule has 0 aromatic rings. The van der Waals surface area contributed by atoms with E-state index in [2.05, 4.69) is 43.9 Å². The maximum atomic E-state index is 3.93. The van der Waals surface area contributed by atoms with Crippen LogP contribution in [-0.2, 0) is 0 Å². The van der Waals surface area contributed by atoms with Gasteiger partial charge < -0.3 is 0 Å². The fourth-order valence-electron chi connectivity index (χ4n) is 3.69. The Bertz CT molecular complexity index is 307. The fraction of sp³-hybridized carbons (Fsp3) is 0.684. The highest BCUT2D eigenvalue weighted by Gasteiger charge is 2.19. The van der Waals surface area contributed by atoms with E-state index in [4.69, 9.17) is 0 Å². The SMILES string of the molecule is C=CC1CCC(/C=C/C2CCC(/C=C/C)CC2)CC1. The van der Waals surface area contributed by atoms with Crippen LogP contribution >= 0.6 is 0 Å². The van der Waals surface area contributed by atoms with Crippen LogP contribution in [0.5, 0.6) is 0 Å². The lowest BCUT2D eigenvalue weighted by molar-refractivity contribution is 0.342. The van der Waals surface area contributed by atoms with Gasteiger partial charge in [-0.1, -0.05) is 30.4 Å². The second-order valence-electron chi connectivity index (χ2n) is 6.50. The van der Waals surface area contributed by atoms with Crippen LogP contribution in [0, 0.1) is 23.7 Å². The van der Waals surface area contributed by atoms with E-state index in [1.807, 2.05) is 0 Å². The Balaban J connectivity index is 1.70. The first-order valence-electron chi connectivity index (χ1n) is 8.25. The van der Waals surface area contributed by atoms with Gasteiger partial charge in [-0.25, -0.2) is 0 Å². The molecular weight excluding hydrogens is 228 g/mol. The molecule has 0 aliphatic heterocycles. The Morgan fingerprint density at radius 3 is 1.37 bits per heavy atom. The molecule has 0 nitrogen and oxygen atoms in total. The van der Waals surface area contributed by atoms with E-state index in [1.165, 1.54) is 51.4 Å². The van der Waals surface area contributed by atoms with Crippen molar-refractivity contribution in [3.8, 4) is 0 Å². The van der Waals surface area contributed by atoms with Crippen molar-refractivity contribution in [3.05, 3.63) is 37.0 Å². The molecule has 0 N–H and O–H groups in total. The van der Waals surface area contributed by atoms with Gasteiger partial charge in [0.25, 0.3) is 0 Å². The van der Waals surface area contributed by atoms with Crippen LogP contribution in [0.4, 0.5) is 0 Å². The fourth-order valence-corrected chi connectivity index (χ4v) is 3.69. The van der Waals surface area contributed by atoms with Crippen molar-refractivity contribution in [2.45, 2.75) is 58.3 Å². The molecule has 0 radical (unpaired) electrons. The van der Waals surface area contributed by atoms with E-state index in [0.717, 1.165) is 23.7 Å². The van der Waals surface area contributed by atoms with Crippen LogP contribution < -0.4 is 0 Å². The third-order valence-corrected chi connectivity index (χ3v) is 5.09. The highest BCUT2D eigenvalue weighted by atomic mass is 14.2. The predicted molar refractivity (Wildman–Crippen MR) is 85.0 cm³/mol. The van der Waals surface area contributed by atoms with Gasteiger partial charge in [-0.05, 0) is 82.0 Å². The summed E-state index contributed by atoms with van der Waals surface area (Å²) in [4.78, 5) is 0. The van der Waals surface area contributed by atoms with E-state index in [0.29, 0.717) is 0 Å². The van der Waals surface area contributed by atoms with Crippen molar-refractivity contribution < 1.29 is 0 Å². The molecule has 0 amide bonds. The topological polar surface area (TPSA) is 0 Å². The molecule has 0 aromatic heterocycles. The first-order valence-corrected chi connectivity index (χ1v) is 8.25. The zero-order valence-corrected chi connectivity index (χ0v) is 12.6. The zero-order chi connectivity index (χ0) is 13.5. The number of allylic oxidation sites excluding steroid dienone is 5. The maximum Gasteiger partial charge on any atom is -0.0233 e. The Morgan fingerprint density at radius 2 is 1.00 bits per heavy atom. The van der Waals surface area contributed by atoms with Crippen molar-refractivity contribution in [1.29, 1.82) is 0 Å². The molecule has 2 aliphatic carbocycles. The third-order valence-electron chi connectivity index (χ3n) is 5.09. The molecule has 0 heteroatoms. The van der Waals surface area contributed by atoms with Gasteiger partial charge >= 0.3 is 0 Å². The number of hydrogen-bond donors (Lipinski definition) is 0. The lowest BCUT2D eigenvalue weighted by atomic mass is 9.79. The van der Waals surface area contributed by atoms with E-state index in [-0.39, 0.29) is 0 Å². The van der Waals surface area contributed by atoms with E-state index in [9.17, 15) is 0 Å². The summed E-state index contributed by atoms with van der Waals surface area (Å²) in [6, 6.07) is 0. The second-order valence-corrected chi connectivity index (χ2v) is 6.50. The van der Waals surface area contributed by atoms with Crippen molar-refractivity contribution in [3.63, 3.8) is 0 Å². The van der Waals surface area contributed by atoms with E-state index < -0.39 is 0 Å². The van der Waals surface area contributed by atoms with Gasteiger partial charge in [0.05, 0.1) is 0 Å². The van der Waals surface area contributed by atoms with Crippen LogP contribution in [0.25, 0.3) is 0 Å². The lowest BCUT2D eigenvalue weighted by Gasteiger charge is -2.27. The quantitative estimate of drug-likeness (QED) is 0.549. The van der Waals surface area contributed by atoms with Gasteiger partial charge in [-0.2, -0.15) is 0 Å². The summed E-state index contributed by atoms with van der Waals surface area (Å²) in [5.41, 5.74) is 0. The Kier molecular flexibility index (Phi) is 5.94. The smallest absolute Gasteiger partial charge is 0.0233 e.